The molecule has 2 N–H and O–H groups in total. The highest BCUT2D eigenvalue weighted by Gasteiger charge is 2.40. The molecule has 1 aliphatic carbocycles. The second kappa shape index (κ2) is 11.9. The van der Waals surface area contributed by atoms with Crippen LogP contribution in [-0.2, 0) is 9.53 Å². The Morgan fingerprint density at radius 3 is 2.29 bits per heavy atom. The van der Waals surface area contributed by atoms with Crippen molar-refractivity contribution in [3.05, 3.63) is 59.7 Å². The van der Waals surface area contributed by atoms with Crippen molar-refractivity contribution in [3.63, 3.8) is 0 Å². The Hall–Kier alpha value is -3.55. The number of methoxy groups -OCH3 is 1. The van der Waals surface area contributed by atoms with E-state index < -0.39 is 5.97 Å². The second-order valence-electron chi connectivity index (χ2n) is 11.2. The molecule has 1 atom stereocenters. The van der Waals surface area contributed by atoms with Crippen molar-refractivity contribution in [1.29, 1.82) is 0 Å². The molecular formula is C30H39N3O5. The number of carbonyl (C=O) groups excluding carboxylic acids is 1. The molecule has 204 valence electrons. The highest BCUT2D eigenvalue weighted by molar-refractivity contribution is 5.94. The van der Waals surface area contributed by atoms with E-state index in [1.807, 2.05) is 36.4 Å². The number of amides is 1. The Balaban J connectivity index is 1.55. The summed E-state index contributed by atoms with van der Waals surface area (Å²) in [6.45, 7) is 7.57. The summed E-state index contributed by atoms with van der Waals surface area (Å²) in [5.41, 5.74) is 2.67. The Labute approximate surface area is 225 Å². The number of carboxylic acids is 1. The van der Waals surface area contributed by atoms with E-state index in [2.05, 4.69) is 31.0 Å². The number of aliphatic imine (C=N–C) groups is 1. The maximum atomic E-state index is 12.4. The van der Waals surface area contributed by atoms with Gasteiger partial charge < -0.3 is 24.8 Å². The lowest BCUT2D eigenvalue weighted by Gasteiger charge is -2.41. The molecule has 2 fully saturated rings. The predicted molar refractivity (Wildman–Crippen MR) is 147 cm³/mol. The summed E-state index contributed by atoms with van der Waals surface area (Å²) in [4.78, 5) is 30.4. The van der Waals surface area contributed by atoms with Crippen molar-refractivity contribution in [2.75, 3.05) is 20.3 Å². The van der Waals surface area contributed by atoms with Gasteiger partial charge in [0.2, 0.25) is 0 Å². The molecular weight excluding hydrogens is 482 g/mol. The topological polar surface area (TPSA) is 100 Å². The van der Waals surface area contributed by atoms with Gasteiger partial charge in [0, 0.05) is 18.2 Å². The highest BCUT2D eigenvalue weighted by atomic mass is 16.5. The summed E-state index contributed by atoms with van der Waals surface area (Å²) < 4.78 is 11.5. The third kappa shape index (κ3) is 6.65. The van der Waals surface area contributed by atoms with Gasteiger partial charge in [-0.05, 0) is 79.0 Å². The predicted octanol–water partition coefficient (Wildman–Crippen LogP) is 5.57. The van der Waals surface area contributed by atoms with Gasteiger partial charge in [-0.15, -0.1) is 0 Å². The van der Waals surface area contributed by atoms with Crippen molar-refractivity contribution in [3.8, 4) is 5.75 Å². The van der Waals surface area contributed by atoms with Crippen LogP contribution in [0.5, 0.6) is 5.75 Å². The number of hydrogen-bond donors (Lipinski definition) is 2. The van der Waals surface area contributed by atoms with Crippen molar-refractivity contribution in [1.82, 2.24) is 10.2 Å². The Morgan fingerprint density at radius 2 is 1.71 bits per heavy atom. The number of ether oxygens (including phenoxy) is 2. The quantitative estimate of drug-likeness (QED) is 0.471. The molecule has 2 aromatic carbocycles. The smallest absolute Gasteiger partial charge is 0.305 e. The monoisotopic (exact) mass is 521 g/mol. The normalized spacial score (nSPS) is 22.7. The van der Waals surface area contributed by atoms with E-state index in [1.54, 1.807) is 19.2 Å². The number of nitrogens with zero attached hydrogens (tertiary/aromatic N) is 2. The van der Waals surface area contributed by atoms with Crippen LogP contribution in [0.25, 0.3) is 0 Å². The molecule has 1 aliphatic heterocycles. The van der Waals surface area contributed by atoms with E-state index in [0.717, 1.165) is 29.8 Å². The van der Waals surface area contributed by atoms with Crippen LogP contribution < -0.4 is 10.1 Å². The Kier molecular flexibility index (Phi) is 8.59. The first-order chi connectivity index (χ1) is 18.2. The molecule has 8 nitrogen and oxygen atoms in total. The van der Waals surface area contributed by atoms with Gasteiger partial charge in [0.1, 0.15) is 12.4 Å². The molecule has 1 amide bonds. The van der Waals surface area contributed by atoms with Gasteiger partial charge in [0.15, 0.2) is 0 Å². The van der Waals surface area contributed by atoms with Crippen LogP contribution in [0.1, 0.15) is 74.8 Å². The molecule has 1 saturated carbocycles. The average Bonchev–Trinajstić information content (AvgIpc) is 3.32. The number of nitrogens with one attached hydrogen (secondary N) is 1. The van der Waals surface area contributed by atoms with E-state index in [0.29, 0.717) is 35.6 Å². The molecule has 0 bridgehead atoms. The summed E-state index contributed by atoms with van der Waals surface area (Å²) in [6.07, 6.45) is 4.39. The zero-order chi connectivity index (χ0) is 27.3. The largest absolute Gasteiger partial charge is 0.497 e. The van der Waals surface area contributed by atoms with Gasteiger partial charge in [-0.3, -0.25) is 9.59 Å². The fourth-order valence-electron chi connectivity index (χ4n) is 5.43. The van der Waals surface area contributed by atoms with Gasteiger partial charge in [-0.1, -0.05) is 32.9 Å². The summed E-state index contributed by atoms with van der Waals surface area (Å²) in [7, 11) is 1.65. The SMILES string of the molecule is COc1ccc(N=C2OCC(c3ccc(C(=O)NCCC(=O)O)cc3)N2C2CCC(C(C)(C)C)CC2)cc1. The summed E-state index contributed by atoms with van der Waals surface area (Å²) in [5, 5.41) is 11.5. The van der Waals surface area contributed by atoms with Crippen molar-refractivity contribution < 1.29 is 24.2 Å². The zero-order valence-corrected chi connectivity index (χ0v) is 22.8. The summed E-state index contributed by atoms with van der Waals surface area (Å²) >= 11 is 0. The third-order valence-electron chi connectivity index (χ3n) is 7.72. The van der Waals surface area contributed by atoms with E-state index >= 15 is 0 Å². The van der Waals surface area contributed by atoms with Gasteiger partial charge in [0.05, 0.1) is 25.3 Å². The fourth-order valence-corrected chi connectivity index (χ4v) is 5.43. The van der Waals surface area contributed by atoms with Crippen LogP contribution in [0.2, 0.25) is 0 Å². The van der Waals surface area contributed by atoms with Crippen molar-refractivity contribution >= 4 is 23.6 Å². The maximum Gasteiger partial charge on any atom is 0.305 e. The first-order valence-electron chi connectivity index (χ1n) is 13.4. The van der Waals surface area contributed by atoms with Crippen LogP contribution in [0.3, 0.4) is 0 Å². The van der Waals surface area contributed by atoms with Crippen LogP contribution >= 0.6 is 0 Å². The minimum atomic E-state index is -0.939. The van der Waals surface area contributed by atoms with E-state index in [1.165, 1.54) is 12.8 Å². The number of carbonyl (C=O) groups is 2. The summed E-state index contributed by atoms with van der Waals surface area (Å²) in [5.74, 6) is 0.260. The van der Waals surface area contributed by atoms with E-state index in [4.69, 9.17) is 19.6 Å². The molecule has 0 radical (unpaired) electrons. The van der Waals surface area contributed by atoms with Crippen LogP contribution in [0.15, 0.2) is 53.5 Å². The average molecular weight is 522 g/mol. The lowest BCUT2D eigenvalue weighted by molar-refractivity contribution is -0.136. The van der Waals surface area contributed by atoms with Crippen molar-refractivity contribution in [2.45, 2.75) is 65.0 Å². The number of aliphatic carboxylic acids is 1. The van der Waals surface area contributed by atoms with Gasteiger partial charge in [0.25, 0.3) is 11.9 Å². The first-order valence-corrected chi connectivity index (χ1v) is 13.4. The minimum absolute atomic E-state index is 0.00712. The van der Waals surface area contributed by atoms with Gasteiger partial charge >= 0.3 is 5.97 Å². The van der Waals surface area contributed by atoms with E-state index in [-0.39, 0.29) is 24.9 Å². The molecule has 2 aliphatic rings. The molecule has 38 heavy (non-hydrogen) atoms. The fraction of sp³-hybridized carbons (Fsp3) is 0.500. The number of hydrogen-bond acceptors (Lipinski definition) is 5. The van der Waals surface area contributed by atoms with Crippen LogP contribution in [0, 0.1) is 11.3 Å². The molecule has 8 heteroatoms. The lowest BCUT2D eigenvalue weighted by Crippen LogP contribution is -2.42. The maximum absolute atomic E-state index is 12.4. The van der Waals surface area contributed by atoms with Crippen LogP contribution in [-0.4, -0.2) is 54.2 Å². The molecule has 1 unspecified atom stereocenters. The number of amidine groups is 1. The molecule has 1 saturated heterocycles. The first kappa shape index (κ1) is 27.5. The van der Waals surface area contributed by atoms with Gasteiger partial charge in [-0.25, -0.2) is 0 Å². The van der Waals surface area contributed by atoms with E-state index in [9.17, 15) is 9.59 Å². The molecule has 2 aromatic rings. The Bertz CT molecular complexity index is 1130. The molecule has 4 rings (SSSR count). The van der Waals surface area contributed by atoms with Gasteiger partial charge in [-0.2, -0.15) is 4.99 Å². The van der Waals surface area contributed by atoms with Crippen LogP contribution in [0.4, 0.5) is 5.69 Å². The highest BCUT2D eigenvalue weighted by Crippen LogP contribution is 2.42. The number of rotatable bonds is 8. The summed E-state index contributed by atoms with van der Waals surface area (Å²) in [6, 6.07) is 16.1. The molecule has 0 aromatic heterocycles. The zero-order valence-electron chi connectivity index (χ0n) is 22.8. The standard InChI is InChI=1S/C30H39N3O5/c1-30(2,3)22-9-13-24(14-10-22)33-26(19-38-29(33)32-23-11-15-25(37-4)16-12-23)20-5-7-21(8-6-20)28(36)31-18-17-27(34)35/h5-8,11-12,15-16,22,24,26H,9-10,13-14,17-19H2,1-4H3,(H,31,36)(H,34,35). The molecule has 0 spiro atoms. The van der Waals surface area contributed by atoms with Crippen molar-refractivity contribution in [2.24, 2.45) is 16.3 Å². The molecule has 1 heterocycles. The third-order valence-corrected chi connectivity index (χ3v) is 7.72. The Morgan fingerprint density at radius 1 is 1.05 bits per heavy atom. The minimum Gasteiger partial charge on any atom is -0.497 e. The second-order valence-corrected chi connectivity index (χ2v) is 11.2. The number of benzene rings is 2. The lowest BCUT2D eigenvalue weighted by atomic mass is 9.71. The number of carboxylic acid groups (broad SMARTS) is 1.